The van der Waals surface area contributed by atoms with Crippen molar-refractivity contribution in [2.75, 3.05) is 47.2 Å². The Hall–Kier alpha value is -1.37. The normalized spacial score (nSPS) is 12.5. The molecule has 1 atom stereocenters. The maximum Gasteiger partial charge on any atom is 0.408 e. The van der Waals surface area contributed by atoms with Gasteiger partial charge in [0.2, 0.25) is 0 Å². The van der Waals surface area contributed by atoms with Gasteiger partial charge in [0.05, 0.1) is 13.3 Å². The van der Waals surface area contributed by atoms with Crippen LogP contribution in [0.4, 0.5) is 4.79 Å². The fraction of sp³-hybridized carbons (Fsp3) is 0.884. The van der Waals surface area contributed by atoms with Gasteiger partial charge in [0.15, 0.2) is 0 Å². The Morgan fingerprint density at radius 3 is 1.35 bits per heavy atom. The molecule has 0 rings (SSSR count). The largest absolute Gasteiger partial charge is 0.447 e. The zero-order valence-electron chi connectivity index (χ0n) is 33.3. The second-order valence-corrected chi connectivity index (χ2v) is 14.5. The summed E-state index contributed by atoms with van der Waals surface area (Å²) >= 11 is 0. The van der Waals surface area contributed by atoms with E-state index in [1.54, 1.807) is 0 Å². The van der Waals surface area contributed by atoms with Gasteiger partial charge in [-0.3, -0.25) is 4.90 Å². The third kappa shape index (κ3) is 40.9. The van der Waals surface area contributed by atoms with Crippen LogP contribution in [0.1, 0.15) is 194 Å². The quantitative estimate of drug-likeness (QED) is 0.0395. The van der Waals surface area contributed by atoms with E-state index in [0.29, 0.717) is 19.9 Å². The Labute approximate surface area is 305 Å². The van der Waals surface area contributed by atoms with Crippen LogP contribution >= 0.6 is 0 Å². The summed E-state index contributed by atoms with van der Waals surface area (Å²) in [6.45, 7) is 7.12. The monoisotopic (exact) mass is 693 g/mol. The lowest BCUT2D eigenvalue weighted by atomic mass is 10.1. The van der Waals surface area contributed by atoms with Crippen LogP contribution in [0.5, 0.6) is 0 Å². The van der Waals surface area contributed by atoms with E-state index in [4.69, 9.17) is 14.2 Å². The number of hydrogen-bond donors (Lipinski definition) is 1. The fourth-order valence-electron chi connectivity index (χ4n) is 5.85. The molecule has 0 spiro atoms. The minimum atomic E-state index is -0.409. The van der Waals surface area contributed by atoms with Gasteiger partial charge in [0.1, 0.15) is 12.7 Å². The van der Waals surface area contributed by atoms with Crippen LogP contribution in [-0.2, 0) is 14.2 Å². The number of ether oxygens (including phenoxy) is 3. The Kier molecular flexibility index (Phi) is 39.9. The number of carbonyl (C=O) groups excluding carboxylic acids is 1. The van der Waals surface area contributed by atoms with E-state index in [1.807, 2.05) is 19.0 Å². The second-order valence-electron chi connectivity index (χ2n) is 14.5. The highest BCUT2D eigenvalue weighted by Crippen LogP contribution is 2.12. The maximum atomic E-state index is 12.1. The van der Waals surface area contributed by atoms with Gasteiger partial charge in [0, 0.05) is 13.2 Å². The Balaban J connectivity index is 3.89. The molecule has 6 nitrogen and oxygen atoms in total. The van der Waals surface area contributed by atoms with Crippen molar-refractivity contribution in [3.05, 3.63) is 24.3 Å². The van der Waals surface area contributed by atoms with E-state index in [0.717, 1.165) is 19.4 Å². The first-order valence-electron chi connectivity index (χ1n) is 21.1. The first-order chi connectivity index (χ1) is 24.1. The topological polar surface area (TPSA) is 60.0 Å². The fourth-order valence-corrected chi connectivity index (χ4v) is 5.85. The molecule has 0 bridgehead atoms. The minimum absolute atomic E-state index is 0.220. The number of nitrogens with one attached hydrogen (secondary N) is 1. The Morgan fingerprint density at radius 1 is 0.531 bits per heavy atom. The van der Waals surface area contributed by atoms with Gasteiger partial charge in [0.25, 0.3) is 0 Å². The van der Waals surface area contributed by atoms with Crippen molar-refractivity contribution in [3.63, 3.8) is 0 Å². The van der Waals surface area contributed by atoms with Crippen molar-refractivity contribution in [2.24, 2.45) is 0 Å². The lowest BCUT2D eigenvalue weighted by molar-refractivity contribution is -0.0470. The number of nitrogens with zero attached hydrogens (tertiary/aromatic N) is 1. The zero-order valence-corrected chi connectivity index (χ0v) is 33.3. The number of amides is 1. The van der Waals surface area contributed by atoms with E-state index >= 15 is 0 Å². The summed E-state index contributed by atoms with van der Waals surface area (Å²) in [5, 5.41) is 2.75. The molecule has 0 saturated carbocycles. The second kappa shape index (κ2) is 41.1. The molecule has 0 aliphatic heterocycles. The van der Waals surface area contributed by atoms with E-state index < -0.39 is 6.09 Å². The zero-order chi connectivity index (χ0) is 35.7. The average Bonchev–Trinajstić information content (AvgIpc) is 3.10. The van der Waals surface area contributed by atoms with Gasteiger partial charge in [-0.1, -0.05) is 154 Å². The number of hydrogen-bond acceptors (Lipinski definition) is 5. The van der Waals surface area contributed by atoms with E-state index in [2.05, 4.69) is 43.5 Å². The first-order valence-corrected chi connectivity index (χ1v) is 21.1. The molecule has 0 aromatic heterocycles. The van der Waals surface area contributed by atoms with Crippen molar-refractivity contribution in [1.82, 2.24) is 10.2 Å². The van der Waals surface area contributed by atoms with Gasteiger partial charge in [-0.05, 0) is 78.3 Å². The van der Waals surface area contributed by atoms with Crippen LogP contribution in [0, 0.1) is 0 Å². The summed E-state index contributed by atoms with van der Waals surface area (Å²) in [4.78, 5) is 14.0. The summed E-state index contributed by atoms with van der Waals surface area (Å²) in [6, 6.07) is 0. The third-order valence-corrected chi connectivity index (χ3v) is 9.05. The van der Waals surface area contributed by atoms with Gasteiger partial charge in [-0.2, -0.15) is 0 Å². The molecule has 0 aromatic rings. The summed E-state index contributed by atoms with van der Waals surface area (Å²) in [5.41, 5.74) is 0. The van der Waals surface area contributed by atoms with E-state index in [9.17, 15) is 4.79 Å². The number of allylic oxidation sites excluding steroid dienone is 4. The van der Waals surface area contributed by atoms with Crippen molar-refractivity contribution >= 4 is 6.09 Å². The van der Waals surface area contributed by atoms with Crippen LogP contribution in [-0.4, -0.2) is 64.3 Å². The SMILES string of the molecule is CCCCCCCC/C=C\CCCCCCCCOCC(COC(=O)NCN(C)C)OCCCCCCCC/C=C\CCCCCCCC. The molecule has 0 aliphatic carbocycles. The lowest BCUT2D eigenvalue weighted by Crippen LogP contribution is -2.36. The maximum absolute atomic E-state index is 12.1. The molecule has 1 amide bonds. The van der Waals surface area contributed by atoms with Crippen LogP contribution in [0.15, 0.2) is 24.3 Å². The third-order valence-electron chi connectivity index (χ3n) is 9.05. The summed E-state index contributed by atoms with van der Waals surface area (Å²) in [6.07, 6.45) is 45.3. The van der Waals surface area contributed by atoms with Crippen molar-refractivity contribution in [1.29, 1.82) is 0 Å². The highest BCUT2D eigenvalue weighted by atomic mass is 16.6. The first kappa shape index (κ1) is 47.6. The average molecular weight is 693 g/mol. The number of rotatable bonds is 39. The summed E-state index contributed by atoms with van der Waals surface area (Å²) in [5.74, 6) is 0. The van der Waals surface area contributed by atoms with E-state index in [1.165, 1.54) is 167 Å². The predicted octanol–water partition coefficient (Wildman–Crippen LogP) is 12.7. The summed E-state index contributed by atoms with van der Waals surface area (Å²) in [7, 11) is 3.82. The Bertz CT molecular complexity index is 712. The molecule has 0 fully saturated rings. The molecule has 1 N–H and O–H groups in total. The van der Waals surface area contributed by atoms with Crippen LogP contribution in [0.3, 0.4) is 0 Å². The van der Waals surface area contributed by atoms with Crippen molar-refractivity contribution < 1.29 is 19.0 Å². The molecule has 0 heterocycles. The number of carbonyl (C=O) groups is 1. The highest BCUT2D eigenvalue weighted by molar-refractivity contribution is 5.66. The summed E-state index contributed by atoms with van der Waals surface area (Å²) < 4.78 is 17.5. The molecule has 0 aromatic carbocycles. The predicted molar refractivity (Wildman–Crippen MR) is 213 cm³/mol. The van der Waals surface area contributed by atoms with Crippen LogP contribution in [0.2, 0.25) is 0 Å². The molecule has 49 heavy (non-hydrogen) atoms. The smallest absolute Gasteiger partial charge is 0.408 e. The minimum Gasteiger partial charge on any atom is -0.447 e. The number of alkyl carbamates (subject to hydrolysis) is 1. The molecular formula is C43H84N2O4. The van der Waals surface area contributed by atoms with Gasteiger partial charge in [-0.15, -0.1) is 0 Å². The van der Waals surface area contributed by atoms with E-state index in [-0.39, 0.29) is 12.7 Å². The van der Waals surface area contributed by atoms with Crippen LogP contribution < -0.4 is 5.32 Å². The van der Waals surface area contributed by atoms with Gasteiger partial charge < -0.3 is 19.5 Å². The molecule has 1 unspecified atom stereocenters. The number of unbranched alkanes of at least 4 members (excludes halogenated alkanes) is 24. The molecule has 0 saturated heterocycles. The van der Waals surface area contributed by atoms with Crippen molar-refractivity contribution in [3.8, 4) is 0 Å². The van der Waals surface area contributed by atoms with Gasteiger partial charge in [-0.25, -0.2) is 4.79 Å². The molecule has 0 aliphatic rings. The Morgan fingerprint density at radius 2 is 0.918 bits per heavy atom. The standard InChI is InChI=1S/C43H84N2O4/c1-5-7-9-11-13-15-17-19-21-23-25-27-29-31-33-35-37-47-39-42(40-49-43(46)44-41-45(3)4)48-38-36-34-32-30-28-26-24-22-20-18-16-14-12-10-8-6-2/h19-22,42H,5-18,23-41H2,1-4H3,(H,44,46)/b21-19-,22-20-. The van der Waals surface area contributed by atoms with Gasteiger partial charge >= 0.3 is 6.09 Å². The van der Waals surface area contributed by atoms with Crippen molar-refractivity contribution in [2.45, 2.75) is 200 Å². The lowest BCUT2D eigenvalue weighted by Gasteiger charge is -2.19. The molecular weight excluding hydrogens is 608 g/mol. The molecule has 290 valence electrons. The highest BCUT2D eigenvalue weighted by Gasteiger charge is 2.13. The molecule has 0 radical (unpaired) electrons. The molecule has 6 heteroatoms. The van der Waals surface area contributed by atoms with Crippen LogP contribution in [0.25, 0.3) is 0 Å².